The molecule has 0 amide bonds. The van der Waals surface area contributed by atoms with E-state index in [1.807, 2.05) is 0 Å². The summed E-state index contributed by atoms with van der Waals surface area (Å²) in [5.41, 5.74) is -18.0. The van der Waals surface area contributed by atoms with Crippen LogP contribution in [-0.2, 0) is 0 Å². The molecule has 0 saturated heterocycles. The van der Waals surface area contributed by atoms with Crippen LogP contribution in [0.15, 0.2) is 0 Å². The summed E-state index contributed by atoms with van der Waals surface area (Å²) in [6.45, 7) is 0. The second kappa shape index (κ2) is 5.69. The van der Waals surface area contributed by atoms with Gasteiger partial charge in [0.15, 0.2) is 0 Å². The fourth-order valence-corrected chi connectivity index (χ4v) is 2.41. The zero-order valence-electron chi connectivity index (χ0n) is 12.6. The van der Waals surface area contributed by atoms with Crippen molar-refractivity contribution >= 4 is 0 Å². The van der Waals surface area contributed by atoms with Crippen molar-refractivity contribution in [2.75, 3.05) is 0 Å². The van der Waals surface area contributed by atoms with Crippen LogP contribution in [0.1, 0.15) is 0 Å². The molecular formula is C10F20. The first-order valence-electron chi connectivity index (χ1n) is 6.28. The van der Waals surface area contributed by atoms with Gasteiger partial charge in [0, 0.05) is 0 Å². The van der Waals surface area contributed by atoms with E-state index >= 15 is 0 Å². The molecule has 1 rings (SSSR count). The second-order valence-electron chi connectivity index (χ2n) is 5.76. The molecule has 1 aliphatic rings. The lowest BCUT2D eigenvalue weighted by molar-refractivity contribution is -0.530. The summed E-state index contributed by atoms with van der Waals surface area (Å²) >= 11 is 0. The zero-order valence-corrected chi connectivity index (χ0v) is 12.6. The van der Waals surface area contributed by atoms with E-state index in [1.54, 1.807) is 0 Å². The standard InChI is InChI=1S/C10F20/c11-1(5(17,18)8(23,24)10(28,29)30)3(13,14)2(12,9(25,26)27)6(19,20)7(21,22)4(1,15)16. The average molecular weight is 500 g/mol. The van der Waals surface area contributed by atoms with Gasteiger partial charge in [-0.3, -0.25) is 0 Å². The molecule has 20 heteroatoms. The van der Waals surface area contributed by atoms with Gasteiger partial charge >= 0.3 is 59.2 Å². The van der Waals surface area contributed by atoms with Crippen molar-refractivity contribution in [2.45, 2.75) is 59.2 Å². The molecule has 0 aromatic heterocycles. The second-order valence-corrected chi connectivity index (χ2v) is 5.76. The quantitative estimate of drug-likeness (QED) is 0.388. The van der Waals surface area contributed by atoms with E-state index in [1.165, 1.54) is 0 Å². The van der Waals surface area contributed by atoms with Gasteiger partial charge in [-0.2, -0.15) is 79.0 Å². The molecule has 0 spiro atoms. The van der Waals surface area contributed by atoms with Gasteiger partial charge in [0.1, 0.15) is 0 Å². The molecule has 2 atom stereocenters. The third kappa shape index (κ3) is 2.22. The Balaban J connectivity index is 4.31. The molecule has 1 saturated carbocycles. The van der Waals surface area contributed by atoms with Crippen molar-refractivity contribution in [2.24, 2.45) is 0 Å². The van der Waals surface area contributed by atoms with E-state index in [-0.39, 0.29) is 0 Å². The van der Waals surface area contributed by atoms with Crippen molar-refractivity contribution in [1.29, 1.82) is 0 Å². The number of halogens is 20. The minimum absolute atomic E-state index is 8.12. The SMILES string of the molecule is FC(F)(F)C(F)(F)C(F)(F)C1(F)C(F)(F)C(F)(F)C(F)(F)C(F)(C(F)(F)F)C1(F)F. The van der Waals surface area contributed by atoms with Gasteiger partial charge in [-0.15, -0.1) is 0 Å². The minimum Gasteiger partial charge on any atom is -0.223 e. The van der Waals surface area contributed by atoms with Crippen molar-refractivity contribution in [3.05, 3.63) is 0 Å². The van der Waals surface area contributed by atoms with E-state index in [0.29, 0.717) is 0 Å². The molecule has 0 bridgehead atoms. The summed E-state index contributed by atoms with van der Waals surface area (Å²) in [4.78, 5) is 0. The molecule has 0 N–H and O–H groups in total. The van der Waals surface area contributed by atoms with Gasteiger partial charge in [0.05, 0.1) is 0 Å². The average Bonchev–Trinajstić information content (AvgIpc) is 2.48. The molecule has 0 heterocycles. The first kappa shape index (κ1) is 26.6. The largest absolute Gasteiger partial charge is 0.460 e. The fourth-order valence-electron chi connectivity index (χ4n) is 2.41. The van der Waals surface area contributed by atoms with Crippen molar-refractivity contribution < 1.29 is 87.8 Å². The van der Waals surface area contributed by atoms with Gasteiger partial charge in [0.2, 0.25) is 0 Å². The minimum atomic E-state index is -9.21. The van der Waals surface area contributed by atoms with Gasteiger partial charge in [-0.1, -0.05) is 0 Å². The highest BCUT2D eigenvalue weighted by Gasteiger charge is 3.10. The highest BCUT2D eigenvalue weighted by Crippen LogP contribution is 2.76. The molecule has 1 fully saturated rings. The summed E-state index contributed by atoms with van der Waals surface area (Å²) in [6.07, 6.45) is -16.5. The predicted molar refractivity (Wildman–Crippen MR) is 49.5 cm³/mol. The number of alkyl halides is 20. The normalized spacial score (nSPS) is 34.0. The maximum absolute atomic E-state index is 14.0. The lowest BCUT2D eigenvalue weighted by Gasteiger charge is -2.57. The van der Waals surface area contributed by atoms with Crippen LogP contribution in [0.3, 0.4) is 0 Å². The molecule has 0 aromatic carbocycles. The first-order valence-corrected chi connectivity index (χ1v) is 6.28. The van der Waals surface area contributed by atoms with Crippen LogP contribution in [0.25, 0.3) is 0 Å². The van der Waals surface area contributed by atoms with Crippen molar-refractivity contribution in [3.63, 3.8) is 0 Å². The van der Waals surface area contributed by atoms with Crippen LogP contribution >= 0.6 is 0 Å². The number of hydrogen-bond acceptors (Lipinski definition) is 0. The Morgan fingerprint density at radius 2 is 0.667 bits per heavy atom. The maximum atomic E-state index is 14.0. The number of rotatable bonds is 2. The summed E-state index contributed by atoms with van der Waals surface area (Å²) in [5.74, 6) is -52.8. The highest BCUT2D eigenvalue weighted by atomic mass is 19.4. The Morgan fingerprint density at radius 1 is 0.367 bits per heavy atom. The molecule has 2 unspecified atom stereocenters. The van der Waals surface area contributed by atoms with Gasteiger partial charge < -0.3 is 0 Å². The van der Waals surface area contributed by atoms with Crippen LogP contribution < -0.4 is 0 Å². The fraction of sp³-hybridized carbons (Fsp3) is 1.00. The topological polar surface area (TPSA) is 0 Å². The maximum Gasteiger partial charge on any atom is 0.460 e. The van der Waals surface area contributed by atoms with Crippen LogP contribution in [0.2, 0.25) is 0 Å². The molecule has 0 aliphatic heterocycles. The van der Waals surface area contributed by atoms with Crippen molar-refractivity contribution in [1.82, 2.24) is 0 Å². The monoisotopic (exact) mass is 500 g/mol. The van der Waals surface area contributed by atoms with Crippen molar-refractivity contribution in [3.8, 4) is 0 Å². The van der Waals surface area contributed by atoms with E-state index in [0.717, 1.165) is 0 Å². The predicted octanol–water partition coefficient (Wildman–Crippen LogP) is 6.35. The summed E-state index contributed by atoms with van der Waals surface area (Å²) in [7, 11) is 0. The Bertz CT molecular complexity index is 693. The molecule has 0 nitrogen and oxygen atoms in total. The Morgan fingerprint density at radius 3 is 0.933 bits per heavy atom. The van der Waals surface area contributed by atoms with Gasteiger partial charge in [-0.05, 0) is 0 Å². The summed E-state index contributed by atoms with van der Waals surface area (Å²) in [6, 6.07) is 0. The zero-order chi connectivity index (χ0) is 25.0. The third-order valence-corrected chi connectivity index (χ3v) is 4.09. The molecule has 30 heavy (non-hydrogen) atoms. The lowest BCUT2D eigenvalue weighted by atomic mass is 9.63. The van der Waals surface area contributed by atoms with E-state index in [2.05, 4.69) is 0 Å². The van der Waals surface area contributed by atoms with Gasteiger partial charge in [-0.25, -0.2) is 8.78 Å². The smallest absolute Gasteiger partial charge is 0.223 e. The molecule has 1 aliphatic carbocycles. The summed E-state index contributed by atoms with van der Waals surface area (Å²) < 4.78 is 260. The van der Waals surface area contributed by atoms with Crippen LogP contribution in [0, 0.1) is 0 Å². The Kier molecular flexibility index (Phi) is 5.05. The highest BCUT2D eigenvalue weighted by molar-refractivity contribution is 5.35. The molecule has 0 radical (unpaired) electrons. The summed E-state index contributed by atoms with van der Waals surface area (Å²) in [5, 5.41) is 0. The van der Waals surface area contributed by atoms with Crippen LogP contribution in [-0.4, -0.2) is 59.2 Å². The molecule has 180 valence electrons. The first-order chi connectivity index (χ1) is 12.5. The van der Waals surface area contributed by atoms with Crippen LogP contribution in [0.4, 0.5) is 87.8 Å². The third-order valence-electron chi connectivity index (χ3n) is 4.09. The molecule has 0 aromatic rings. The van der Waals surface area contributed by atoms with E-state index in [4.69, 9.17) is 0 Å². The Labute approximate surface area is 148 Å². The number of hydrogen-bond donors (Lipinski definition) is 0. The lowest BCUT2D eigenvalue weighted by Crippen LogP contribution is -2.92. The molecular weight excluding hydrogens is 500 g/mol. The van der Waals surface area contributed by atoms with E-state index < -0.39 is 59.2 Å². The van der Waals surface area contributed by atoms with E-state index in [9.17, 15) is 87.8 Å². The Hall–Kier alpha value is -1.40. The van der Waals surface area contributed by atoms with Gasteiger partial charge in [0.25, 0.3) is 0 Å². The van der Waals surface area contributed by atoms with Crippen LogP contribution in [0.5, 0.6) is 0 Å².